The highest BCUT2D eigenvalue weighted by Gasteiger charge is 2.49. The number of carbonyl (C=O) groups is 2. The molecule has 2 heterocycles. The fourth-order valence-corrected chi connectivity index (χ4v) is 6.87. The third-order valence-electron chi connectivity index (χ3n) is 9.30. The Labute approximate surface area is 264 Å². The molecule has 3 aromatic rings. The minimum Gasteiger partial charge on any atom is -0.496 e. The fourth-order valence-electron chi connectivity index (χ4n) is 6.57. The van der Waals surface area contributed by atoms with Crippen molar-refractivity contribution < 1.29 is 19.1 Å². The standard InChI is InChI=1S/C34H39Cl2N3O4/c1-5-38-16-13-33(14-17-38,25-9-7-6-8-10-25)32(41)37-34(26-11-12-27(35)28(36)21-26)15-18-39(22-34)31(40)24-19-29(42-3)23(2)30(20-24)43-4/h6-12,19-21H,5,13-18,22H2,1-4H3,(H,37,41). The van der Waals surface area contributed by atoms with Gasteiger partial charge >= 0.3 is 0 Å². The van der Waals surface area contributed by atoms with Crippen LogP contribution in [0.15, 0.2) is 60.7 Å². The van der Waals surface area contributed by atoms with E-state index in [-0.39, 0.29) is 18.4 Å². The van der Waals surface area contributed by atoms with Crippen molar-refractivity contribution in [2.75, 3.05) is 46.9 Å². The van der Waals surface area contributed by atoms with Crippen LogP contribution in [0.25, 0.3) is 0 Å². The molecular weight excluding hydrogens is 585 g/mol. The quantitative estimate of drug-likeness (QED) is 0.322. The number of amides is 2. The number of hydrogen-bond acceptors (Lipinski definition) is 5. The smallest absolute Gasteiger partial charge is 0.254 e. The number of carbonyl (C=O) groups excluding carboxylic acids is 2. The number of ether oxygens (including phenoxy) is 2. The van der Waals surface area contributed by atoms with E-state index in [1.165, 1.54) is 0 Å². The number of benzene rings is 3. The molecule has 2 amide bonds. The minimum absolute atomic E-state index is 0.0338. The van der Waals surface area contributed by atoms with Gasteiger partial charge in [-0.15, -0.1) is 0 Å². The number of piperidine rings is 1. The lowest BCUT2D eigenvalue weighted by molar-refractivity contribution is -0.130. The van der Waals surface area contributed by atoms with Gasteiger partial charge in [0.25, 0.3) is 5.91 Å². The summed E-state index contributed by atoms with van der Waals surface area (Å²) >= 11 is 12.8. The van der Waals surface area contributed by atoms with E-state index in [0.717, 1.165) is 36.3 Å². The van der Waals surface area contributed by atoms with Crippen LogP contribution in [0.3, 0.4) is 0 Å². The first-order valence-corrected chi connectivity index (χ1v) is 15.5. The highest BCUT2D eigenvalue weighted by atomic mass is 35.5. The average molecular weight is 625 g/mol. The molecule has 0 spiro atoms. The lowest BCUT2D eigenvalue weighted by Gasteiger charge is -2.43. The van der Waals surface area contributed by atoms with Gasteiger partial charge in [0.05, 0.1) is 35.2 Å². The molecule has 0 aliphatic carbocycles. The van der Waals surface area contributed by atoms with Crippen LogP contribution < -0.4 is 14.8 Å². The number of halogens is 2. The van der Waals surface area contributed by atoms with Crippen LogP contribution in [0, 0.1) is 6.92 Å². The number of likely N-dealkylation sites (tertiary alicyclic amines) is 2. The number of hydrogen-bond donors (Lipinski definition) is 1. The predicted molar refractivity (Wildman–Crippen MR) is 171 cm³/mol. The monoisotopic (exact) mass is 623 g/mol. The number of nitrogens with zero attached hydrogens (tertiary/aromatic N) is 2. The summed E-state index contributed by atoms with van der Waals surface area (Å²) in [6, 6.07) is 19.0. The lowest BCUT2D eigenvalue weighted by atomic mass is 9.71. The number of methoxy groups -OCH3 is 2. The molecule has 1 atom stereocenters. The normalized spacial score (nSPS) is 20.1. The maximum Gasteiger partial charge on any atom is 0.254 e. The second-order valence-electron chi connectivity index (χ2n) is 11.5. The van der Waals surface area contributed by atoms with Gasteiger partial charge in [-0.3, -0.25) is 9.59 Å². The molecule has 1 N–H and O–H groups in total. The Morgan fingerprint density at radius 1 is 0.860 bits per heavy atom. The molecule has 3 aromatic carbocycles. The summed E-state index contributed by atoms with van der Waals surface area (Å²) in [6.45, 7) is 7.38. The predicted octanol–water partition coefficient (Wildman–Crippen LogP) is 6.23. The van der Waals surface area contributed by atoms with Gasteiger partial charge in [0.1, 0.15) is 11.5 Å². The van der Waals surface area contributed by atoms with Gasteiger partial charge < -0.3 is 24.6 Å². The number of rotatable bonds is 8. The Morgan fingerprint density at radius 2 is 1.51 bits per heavy atom. The van der Waals surface area contributed by atoms with Gasteiger partial charge in [-0.1, -0.05) is 66.5 Å². The zero-order chi connectivity index (χ0) is 30.8. The average Bonchev–Trinajstić information content (AvgIpc) is 3.47. The van der Waals surface area contributed by atoms with Crippen LogP contribution in [-0.2, 0) is 15.7 Å². The van der Waals surface area contributed by atoms with Crippen molar-refractivity contribution in [2.24, 2.45) is 0 Å². The van der Waals surface area contributed by atoms with Crippen molar-refractivity contribution in [1.82, 2.24) is 15.1 Å². The first-order valence-electron chi connectivity index (χ1n) is 14.7. The molecular formula is C34H39Cl2N3O4. The zero-order valence-corrected chi connectivity index (χ0v) is 26.7. The summed E-state index contributed by atoms with van der Waals surface area (Å²) in [6.07, 6.45) is 1.94. The van der Waals surface area contributed by atoms with Crippen LogP contribution in [-0.4, -0.2) is 68.6 Å². The van der Waals surface area contributed by atoms with Crippen molar-refractivity contribution in [3.8, 4) is 11.5 Å². The molecule has 2 aliphatic heterocycles. The highest BCUT2D eigenvalue weighted by molar-refractivity contribution is 6.42. The molecule has 228 valence electrons. The molecule has 0 bridgehead atoms. The third kappa shape index (κ3) is 5.95. The van der Waals surface area contributed by atoms with E-state index >= 15 is 0 Å². The van der Waals surface area contributed by atoms with E-state index in [2.05, 4.69) is 29.3 Å². The van der Waals surface area contributed by atoms with Gasteiger partial charge in [0.2, 0.25) is 5.91 Å². The molecule has 0 radical (unpaired) electrons. The molecule has 2 fully saturated rings. The largest absolute Gasteiger partial charge is 0.496 e. The van der Waals surface area contributed by atoms with Crippen LogP contribution in [0.1, 0.15) is 53.2 Å². The van der Waals surface area contributed by atoms with Gasteiger partial charge in [0.15, 0.2) is 0 Å². The van der Waals surface area contributed by atoms with E-state index in [1.807, 2.05) is 37.3 Å². The van der Waals surface area contributed by atoms with Gasteiger partial charge in [-0.2, -0.15) is 0 Å². The first-order chi connectivity index (χ1) is 20.7. The van der Waals surface area contributed by atoms with E-state index in [4.69, 9.17) is 32.7 Å². The van der Waals surface area contributed by atoms with Gasteiger partial charge in [-0.25, -0.2) is 0 Å². The molecule has 0 aromatic heterocycles. The van der Waals surface area contributed by atoms with E-state index < -0.39 is 11.0 Å². The van der Waals surface area contributed by atoms with Gasteiger partial charge in [0, 0.05) is 24.2 Å². The highest BCUT2D eigenvalue weighted by Crippen LogP contribution is 2.41. The third-order valence-corrected chi connectivity index (χ3v) is 10.0. The Hall–Kier alpha value is -3.26. The van der Waals surface area contributed by atoms with E-state index in [9.17, 15) is 9.59 Å². The Balaban J connectivity index is 1.51. The number of nitrogens with one attached hydrogen (secondary N) is 1. The Morgan fingerprint density at radius 3 is 2.09 bits per heavy atom. The fraction of sp³-hybridized carbons (Fsp3) is 0.412. The van der Waals surface area contributed by atoms with Crippen molar-refractivity contribution in [1.29, 1.82) is 0 Å². The molecule has 9 heteroatoms. The molecule has 1 unspecified atom stereocenters. The maximum absolute atomic E-state index is 14.6. The van der Waals surface area contributed by atoms with Crippen LogP contribution >= 0.6 is 23.2 Å². The van der Waals surface area contributed by atoms with Crippen LogP contribution in [0.4, 0.5) is 0 Å². The van der Waals surface area contributed by atoms with Crippen molar-refractivity contribution >= 4 is 35.0 Å². The molecule has 5 rings (SSSR count). The Bertz CT molecular complexity index is 1470. The molecule has 7 nitrogen and oxygen atoms in total. The summed E-state index contributed by atoms with van der Waals surface area (Å²) in [7, 11) is 3.15. The molecule has 43 heavy (non-hydrogen) atoms. The summed E-state index contributed by atoms with van der Waals surface area (Å²) < 4.78 is 11.1. The van der Waals surface area contributed by atoms with Crippen molar-refractivity contribution in [3.05, 3.63) is 93.0 Å². The van der Waals surface area contributed by atoms with Crippen molar-refractivity contribution in [2.45, 2.75) is 44.1 Å². The zero-order valence-electron chi connectivity index (χ0n) is 25.2. The minimum atomic E-state index is -0.858. The van der Waals surface area contributed by atoms with Gasteiger partial charge in [-0.05, 0) is 81.2 Å². The SMILES string of the molecule is CCN1CCC(C(=O)NC2(c3ccc(Cl)c(Cl)c3)CCN(C(=O)c3cc(OC)c(C)c(OC)c3)C2)(c2ccccc2)CC1. The molecule has 2 aliphatic rings. The van der Waals surface area contributed by atoms with Crippen LogP contribution in [0.5, 0.6) is 11.5 Å². The first kappa shape index (κ1) is 31.2. The maximum atomic E-state index is 14.6. The second kappa shape index (κ2) is 12.8. The van der Waals surface area contributed by atoms with E-state index in [1.54, 1.807) is 37.3 Å². The second-order valence-corrected chi connectivity index (χ2v) is 12.3. The Kier molecular flexibility index (Phi) is 9.26. The molecule has 2 saturated heterocycles. The topological polar surface area (TPSA) is 71.1 Å². The van der Waals surface area contributed by atoms with Crippen molar-refractivity contribution in [3.63, 3.8) is 0 Å². The summed E-state index contributed by atoms with van der Waals surface area (Å²) in [5.41, 5.74) is 1.56. The van der Waals surface area contributed by atoms with E-state index in [0.29, 0.717) is 52.9 Å². The summed E-state index contributed by atoms with van der Waals surface area (Å²) in [5.74, 6) is 0.957. The summed E-state index contributed by atoms with van der Waals surface area (Å²) in [5, 5.41) is 4.32. The molecule has 0 saturated carbocycles. The lowest BCUT2D eigenvalue weighted by Crippen LogP contribution is -2.57. The van der Waals surface area contributed by atoms with Crippen LogP contribution in [0.2, 0.25) is 10.0 Å². The summed E-state index contributed by atoms with van der Waals surface area (Å²) in [4.78, 5) is 32.7.